The first-order valence-corrected chi connectivity index (χ1v) is 12.6. The van der Waals surface area contributed by atoms with E-state index in [0.717, 1.165) is 48.8 Å². The van der Waals surface area contributed by atoms with Gasteiger partial charge in [0.05, 0.1) is 12.7 Å². The van der Waals surface area contributed by atoms with Gasteiger partial charge in [0.25, 0.3) is 0 Å². The summed E-state index contributed by atoms with van der Waals surface area (Å²) in [7, 11) is 1.11. The normalized spacial score (nSPS) is 17.7. The second-order valence-electron chi connectivity index (χ2n) is 9.50. The molecule has 0 radical (unpaired) electrons. The number of esters is 1. The predicted molar refractivity (Wildman–Crippen MR) is 149 cm³/mol. The van der Waals surface area contributed by atoms with Gasteiger partial charge < -0.3 is 15.0 Å². The minimum Gasteiger partial charge on any atom is -0.466 e. The van der Waals surface area contributed by atoms with Gasteiger partial charge in [-0.15, -0.1) is 24.8 Å². The molecule has 1 unspecified atom stereocenters. The molecule has 1 N–H and O–H groups in total. The van der Waals surface area contributed by atoms with Crippen LogP contribution >= 0.6 is 24.8 Å². The highest BCUT2D eigenvalue weighted by atomic mass is 35.5. The van der Waals surface area contributed by atoms with Crippen molar-refractivity contribution in [3.05, 3.63) is 76.5 Å². The number of allylic oxidation sites excluding steroid dienone is 1. The highest BCUT2D eigenvalue weighted by molar-refractivity contribution is 5.95. The summed E-state index contributed by atoms with van der Waals surface area (Å²) in [5, 5.41) is 4.46. The molecule has 3 heterocycles. The van der Waals surface area contributed by atoms with E-state index in [1.807, 2.05) is 18.2 Å². The monoisotopic (exact) mass is 617 g/mol. The fourth-order valence-corrected chi connectivity index (χ4v) is 5.15. The van der Waals surface area contributed by atoms with Crippen molar-refractivity contribution in [3.63, 3.8) is 0 Å². The van der Waals surface area contributed by atoms with Crippen molar-refractivity contribution >= 4 is 43.2 Å². The number of carbonyl (C=O) groups excluding carboxylic acids is 3. The number of nitrogens with zero attached hydrogens (tertiary/aromatic N) is 4. The molecule has 14 heteroatoms. The molecule has 4 rings (SSSR count). The minimum atomic E-state index is -1.69. The van der Waals surface area contributed by atoms with Crippen molar-refractivity contribution in [1.29, 1.82) is 0 Å². The minimum absolute atomic E-state index is 0. The first kappa shape index (κ1) is 33.9. The van der Waals surface area contributed by atoms with Gasteiger partial charge in [-0.1, -0.05) is 6.07 Å². The van der Waals surface area contributed by atoms with Crippen molar-refractivity contribution in [1.82, 2.24) is 25.2 Å². The van der Waals surface area contributed by atoms with E-state index in [2.05, 4.69) is 15.2 Å². The van der Waals surface area contributed by atoms with E-state index in [1.165, 1.54) is 6.92 Å². The maximum absolute atomic E-state index is 14.2. The molecule has 1 atom stereocenters. The Morgan fingerprint density at radius 3 is 2.39 bits per heavy atom. The predicted octanol–water partition coefficient (Wildman–Crippen LogP) is 4.50. The quantitative estimate of drug-likeness (QED) is 0.253. The molecular formula is C27H32Cl2F3N5O4. The number of nitrogens with one attached hydrogen (secondary N) is 1. The van der Waals surface area contributed by atoms with Gasteiger partial charge in [-0.2, -0.15) is 0 Å². The van der Waals surface area contributed by atoms with Crippen LogP contribution in [0.5, 0.6) is 0 Å². The lowest BCUT2D eigenvalue weighted by molar-refractivity contribution is -0.141. The number of ether oxygens (including phenoxy) is 1. The number of urea groups is 1. The molecule has 2 aromatic rings. The van der Waals surface area contributed by atoms with Crippen molar-refractivity contribution in [2.75, 3.05) is 33.3 Å². The zero-order chi connectivity index (χ0) is 28.1. The summed E-state index contributed by atoms with van der Waals surface area (Å²) in [6.07, 6.45) is 4.56. The van der Waals surface area contributed by atoms with E-state index in [4.69, 9.17) is 4.74 Å². The number of likely N-dealkylation sites (tertiary alicyclic amines) is 1. The van der Waals surface area contributed by atoms with E-state index < -0.39 is 35.5 Å². The second-order valence-corrected chi connectivity index (χ2v) is 9.50. The number of benzene rings is 1. The van der Waals surface area contributed by atoms with E-state index in [0.29, 0.717) is 37.4 Å². The summed E-state index contributed by atoms with van der Waals surface area (Å²) in [5.74, 6) is -5.18. The fourth-order valence-electron chi connectivity index (χ4n) is 5.15. The number of hydrogen-bond donors (Lipinski definition) is 1. The molecular weight excluding hydrogens is 586 g/mol. The van der Waals surface area contributed by atoms with Crippen LogP contribution in [-0.4, -0.2) is 71.6 Å². The third kappa shape index (κ3) is 7.49. The van der Waals surface area contributed by atoms with Gasteiger partial charge in [0, 0.05) is 30.1 Å². The van der Waals surface area contributed by atoms with Crippen molar-refractivity contribution < 1.29 is 32.3 Å². The molecule has 0 saturated carbocycles. The summed E-state index contributed by atoms with van der Waals surface area (Å²) in [5.41, 5.74) is 0.778. The number of amides is 3. The lowest BCUT2D eigenvalue weighted by atomic mass is 9.93. The van der Waals surface area contributed by atoms with Gasteiger partial charge in [-0.25, -0.2) is 27.8 Å². The Balaban J connectivity index is 0.00000294. The highest BCUT2D eigenvalue weighted by Crippen LogP contribution is 2.36. The average Bonchev–Trinajstić information content (AvgIpc) is 2.94. The Morgan fingerprint density at radius 2 is 1.83 bits per heavy atom. The fraction of sp³-hybridized carbons (Fsp3) is 0.407. The SMILES string of the molecule is COC(=O)C1=C(C)NC(=O)N(N(C=O)CCCN2CCC(c3ccccn3)CC2)C1c1cc(F)c(F)c(F)c1.Cl.Cl. The van der Waals surface area contributed by atoms with Crippen LogP contribution in [0.15, 0.2) is 47.8 Å². The molecule has 0 aliphatic carbocycles. The summed E-state index contributed by atoms with van der Waals surface area (Å²) in [6.45, 7) is 3.82. The van der Waals surface area contributed by atoms with Crippen LogP contribution in [0.25, 0.3) is 0 Å². The Kier molecular flexibility index (Phi) is 12.4. The smallest absolute Gasteiger partial charge is 0.341 e. The molecule has 9 nitrogen and oxygen atoms in total. The van der Waals surface area contributed by atoms with E-state index >= 15 is 0 Å². The number of rotatable bonds is 9. The zero-order valence-corrected chi connectivity index (χ0v) is 24.2. The van der Waals surface area contributed by atoms with Crippen molar-refractivity contribution in [3.8, 4) is 0 Å². The van der Waals surface area contributed by atoms with Crippen molar-refractivity contribution in [2.24, 2.45) is 0 Å². The molecule has 0 bridgehead atoms. The number of piperidine rings is 1. The lowest BCUT2D eigenvalue weighted by Crippen LogP contribution is -2.56. The van der Waals surface area contributed by atoms with E-state index in [1.54, 1.807) is 6.20 Å². The number of hydrogen-bond acceptors (Lipinski definition) is 6. The number of halogens is 5. The second kappa shape index (κ2) is 15.0. The Labute approximate surface area is 248 Å². The molecule has 2 aliphatic heterocycles. The summed E-state index contributed by atoms with van der Waals surface area (Å²) in [6, 6.07) is 5.05. The maximum Gasteiger partial charge on any atom is 0.341 e. The van der Waals surface area contributed by atoms with Gasteiger partial charge in [0.15, 0.2) is 17.5 Å². The topological polar surface area (TPSA) is 95.1 Å². The third-order valence-corrected chi connectivity index (χ3v) is 7.11. The molecule has 1 fully saturated rings. The molecule has 224 valence electrons. The average molecular weight is 618 g/mol. The van der Waals surface area contributed by atoms with E-state index in [9.17, 15) is 27.6 Å². The van der Waals surface area contributed by atoms with Crippen LogP contribution in [0.4, 0.5) is 18.0 Å². The van der Waals surface area contributed by atoms with Crippen LogP contribution < -0.4 is 5.32 Å². The first-order chi connectivity index (χ1) is 18.7. The van der Waals surface area contributed by atoms with Crippen LogP contribution in [0.1, 0.15) is 49.4 Å². The van der Waals surface area contributed by atoms with Crippen LogP contribution in [0, 0.1) is 17.5 Å². The maximum atomic E-state index is 14.2. The number of carbonyl (C=O) groups is 3. The Morgan fingerprint density at radius 1 is 1.17 bits per heavy atom. The van der Waals surface area contributed by atoms with Crippen LogP contribution in [0.2, 0.25) is 0 Å². The Hall–Kier alpha value is -3.35. The first-order valence-electron chi connectivity index (χ1n) is 12.6. The standard InChI is InChI=1S/C27H30F3N5O4.2ClH/c1-17-23(26(37)39-2)25(19-14-20(28)24(30)21(29)15-19)35(27(38)32-17)34(16-36)11-5-10-33-12-7-18(8-13-33)22-6-3-4-9-31-22;;/h3-4,6,9,14-16,18,25H,5,7-8,10-13H2,1-2H3,(H,32,38);2*1H. The number of aromatic nitrogens is 1. The zero-order valence-electron chi connectivity index (χ0n) is 22.5. The van der Waals surface area contributed by atoms with Gasteiger partial charge >= 0.3 is 12.0 Å². The summed E-state index contributed by atoms with van der Waals surface area (Å²) in [4.78, 5) is 44.6. The van der Waals surface area contributed by atoms with Crippen LogP contribution in [-0.2, 0) is 14.3 Å². The molecule has 41 heavy (non-hydrogen) atoms. The lowest BCUT2D eigenvalue weighted by Gasteiger charge is -2.42. The molecule has 1 aromatic carbocycles. The summed E-state index contributed by atoms with van der Waals surface area (Å²) < 4.78 is 46.9. The van der Waals surface area contributed by atoms with Gasteiger partial charge in [0.1, 0.15) is 6.04 Å². The third-order valence-electron chi connectivity index (χ3n) is 7.11. The molecule has 2 aliphatic rings. The largest absolute Gasteiger partial charge is 0.466 e. The van der Waals surface area contributed by atoms with Crippen molar-refractivity contribution in [2.45, 2.75) is 38.1 Å². The number of pyridine rings is 1. The number of methoxy groups -OCH3 is 1. The molecule has 3 amide bonds. The van der Waals surface area contributed by atoms with Gasteiger partial charge in [0.2, 0.25) is 6.41 Å². The van der Waals surface area contributed by atoms with Crippen LogP contribution in [0.3, 0.4) is 0 Å². The molecule has 0 spiro atoms. The Bertz CT molecular complexity index is 1240. The molecule has 1 aromatic heterocycles. The summed E-state index contributed by atoms with van der Waals surface area (Å²) >= 11 is 0. The van der Waals surface area contributed by atoms with E-state index in [-0.39, 0.29) is 48.2 Å². The van der Waals surface area contributed by atoms with Gasteiger partial charge in [-0.05, 0) is 75.6 Å². The highest BCUT2D eigenvalue weighted by Gasteiger charge is 2.42. The molecule has 1 saturated heterocycles. The van der Waals surface area contributed by atoms with Gasteiger partial charge in [-0.3, -0.25) is 14.8 Å². The number of hydrazine groups is 1.